The lowest BCUT2D eigenvalue weighted by atomic mass is 9.95. The SMILES string of the molecule is C=CC(=O)N[C@@H](CC#N)CNc1nc(OC[C@@H]2CCCN2C)nc2cc(-c3cccc4c3CCCS4)c(Cl)cc12. The number of benzene rings is 2. The Labute approximate surface area is 244 Å². The summed E-state index contributed by atoms with van der Waals surface area (Å²) >= 11 is 8.81. The van der Waals surface area contributed by atoms with E-state index in [1.165, 1.54) is 16.5 Å². The number of fused-ring (bicyclic) bond motifs is 2. The lowest BCUT2D eigenvalue weighted by molar-refractivity contribution is -0.117. The Bertz CT molecular complexity index is 1460. The predicted molar refractivity (Wildman–Crippen MR) is 161 cm³/mol. The summed E-state index contributed by atoms with van der Waals surface area (Å²) in [5.41, 5.74) is 4.09. The molecular formula is C30H33ClN6O2S. The van der Waals surface area contributed by atoms with Crippen LogP contribution in [0.3, 0.4) is 0 Å². The van der Waals surface area contributed by atoms with E-state index in [2.05, 4.69) is 53.4 Å². The Morgan fingerprint density at radius 1 is 1.35 bits per heavy atom. The first kappa shape index (κ1) is 28.2. The zero-order valence-electron chi connectivity index (χ0n) is 22.6. The standard InChI is InChI=1S/C30H33ClN6O2S/c1-3-28(38)34-19(11-12-32)17-33-29-24-15-25(31)23(21-8-4-10-27-22(21)9-6-14-40-27)16-26(24)35-30(36-29)39-18-20-7-5-13-37(20)2/h3-4,8,10,15-16,19-20H,1,5-7,9,11,13-14,17-18H2,2H3,(H,34,38)(H,33,35,36)/t19-,20-/m0/s1. The maximum absolute atomic E-state index is 11.9. The van der Waals surface area contributed by atoms with Gasteiger partial charge >= 0.3 is 6.01 Å². The third kappa shape index (κ3) is 6.35. The third-order valence-electron chi connectivity index (χ3n) is 7.48. The highest BCUT2D eigenvalue weighted by Gasteiger charge is 2.23. The van der Waals surface area contributed by atoms with Crippen LogP contribution in [0.4, 0.5) is 5.82 Å². The van der Waals surface area contributed by atoms with Crippen molar-refractivity contribution in [1.82, 2.24) is 20.2 Å². The van der Waals surface area contributed by atoms with Crippen LogP contribution in [-0.4, -0.2) is 65.4 Å². The van der Waals surface area contributed by atoms with Crippen molar-refractivity contribution in [2.45, 2.75) is 49.1 Å². The first-order chi connectivity index (χ1) is 19.5. The molecule has 208 valence electrons. The van der Waals surface area contributed by atoms with Gasteiger partial charge in [-0.05, 0) is 80.4 Å². The van der Waals surface area contributed by atoms with Gasteiger partial charge < -0.3 is 20.3 Å². The van der Waals surface area contributed by atoms with Gasteiger partial charge in [0.05, 0.1) is 24.0 Å². The molecule has 0 spiro atoms. The number of thioether (sulfide) groups is 1. The van der Waals surface area contributed by atoms with Gasteiger partial charge in [-0.1, -0.05) is 30.3 Å². The average molecular weight is 577 g/mol. The van der Waals surface area contributed by atoms with Crippen molar-refractivity contribution in [2.24, 2.45) is 0 Å². The number of nitrogens with zero attached hydrogens (tertiary/aromatic N) is 4. The fourth-order valence-corrected chi connectivity index (χ4v) is 6.64. The van der Waals surface area contributed by atoms with Crippen molar-refractivity contribution in [1.29, 1.82) is 5.26 Å². The summed E-state index contributed by atoms with van der Waals surface area (Å²) in [6.45, 7) is 5.34. The normalized spacial score (nSPS) is 17.6. The first-order valence-corrected chi connectivity index (χ1v) is 15.0. The van der Waals surface area contributed by atoms with Crippen molar-refractivity contribution in [3.05, 3.63) is 53.6 Å². The average Bonchev–Trinajstić information content (AvgIpc) is 3.38. The number of rotatable bonds is 10. The molecule has 2 aliphatic rings. The van der Waals surface area contributed by atoms with Gasteiger partial charge in [-0.25, -0.2) is 0 Å². The van der Waals surface area contributed by atoms with Crippen LogP contribution in [0.1, 0.15) is 31.2 Å². The van der Waals surface area contributed by atoms with Crippen LogP contribution in [0.2, 0.25) is 5.02 Å². The number of aromatic nitrogens is 2. The highest BCUT2D eigenvalue weighted by Crippen LogP contribution is 2.41. The molecule has 1 amide bonds. The van der Waals surface area contributed by atoms with Gasteiger partial charge in [-0.15, -0.1) is 11.8 Å². The van der Waals surface area contributed by atoms with Gasteiger partial charge in [0.15, 0.2) is 0 Å². The Morgan fingerprint density at radius 2 is 2.23 bits per heavy atom. The van der Waals surface area contributed by atoms with Crippen molar-refractivity contribution < 1.29 is 9.53 Å². The molecule has 2 aromatic carbocycles. The molecule has 1 saturated heterocycles. The largest absolute Gasteiger partial charge is 0.462 e. The molecule has 0 bridgehead atoms. The molecule has 0 saturated carbocycles. The molecule has 40 heavy (non-hydrogen) atoms. The predicted octanol–water partition coefficient (Wildman–Crippen LogP) is 5.46. The molecule has 3 heterocycles. The Hall–Kier alpha value is -3.32. The van der Waals surface area contributed by atoms with Gasteiger partial charge in [-0.2, -0.15) is 15.2 Å². The zero-order valence-corrected chi connectivity index (χ0v) is 24.2. The molecule has 2 N–H and O–H groups in total. The van der Waals surface area contributed by atoms with Crippen molar-refractivity contribution in [3.8, 4) is 23.2 Å². The van der Waals surface area contributed by atoms with Crippen molar-refractivity contribution >= 4 is 46.0 Å². The summed E-state index contributed by atoms with van der Waals surface area (Å²) in [5.74, 6) is 1.33. The fourth-order valence-electron chi connectivity index (χ4n) is 5.30. The van der Waals surface area contributed by atoms with Gasteiger partial charge in [0, 0.05) is 33.5 Å². The van der Waals surface area contributed by atoms with Crippen LogP contribution < -0.4 is 15.4 Å². The molecule has 1 aromatic heterocycles. The number of ether oxygens (including phenoxy) is 1. The van der Waals surface area contributed by atoms with E-state index in [1.807, 2.05) is 23.9 Å². The number of hydrogen-bond acceptors (Lipinski definition) is 8. The molecule has 2 aliphatic heterocycles. The minimum atomic E-state index is -0.430. The van der Waals surface area contributed by atoms with E-state index < -0.39 is 6.04 Å². The third-order valence-corrected chi connectivity index (χ3v) is 8.98. The van der Waals surface area contributed by atoms with E-state index in [0.29, 0.717) is 29.0 Å². The number of carbonyl (C=O) groups excluding carboxylic acids is 1. The summed E-state index contributed by atoms with van der Waals surface area (Å²) in [7, 11) is 2.11. The number of nitriles is 1. The lowest BCUT2D eigenvalue weighted by Crippen LogP contribution is -2.38. The van der Waals surface area contributed by atoms with Gasteiger partial charge in [0.25, 0.3) is 0 Å². The maximum atomic E-state index is 11.9. The van der Waals surface area contributed by atoms with Gasteiger partial charge in [0.1, 0.15) is 12.4 Å². The monoisotopic (exact) mass is 576 g/mol. The van der Waals surface area contributed by atoms with Crippen LogP contribution in [0.25, 0.3) is 22.0 Å². The molecule has 1 fully saturated rings. The number of halogens is 1. The van der Waals surface area contributed by atoms with E-state index in [-0.39, 0.29) is 24.9 Å². The maximum Gasteiger partial charge on any atom is 0.318 e. The second-order valence-corrected chi connectivity index (χ2v) is 11.7. The van der Waals surface area contributed by atoms with Crippen molar-refractivity contribution in [3.63, 3.8) is 0 Å². The molecule has 10 heteroatoms. The molecule has 5 rings (SSSR count). The van der Waals surface area contributed by atoms with Gasteiger partial charge in [-0.3, -0.25) is 4.79 Å². The number of likely N-dealkylation sites (N-methyl/N-ethyl adjacent to an activating group) is 1. The second-order valence-electron chi connectivity index (χ2n) is 10.2. The molecule has 3 aromatic rings. The summed E-state index contributed by atoms with van der Waals surface area (Å²) < 4.78 is 6.14. The van der Waals surface area contributed by atoms with Crippen molar-refractivity contribution in [2.75, 3.05) is 37.8 Å². The molecule has 0 unspecified atom stereocenters. The topological polar surface area (TPSA) is 103 Å². The summed E-state index contributed by atoms with van der Waals surface area (Å²) in [6.07, 6.45) is 5.70. The Balaban J connectivity index is 1.51. The fraction of sp³-hybridized carbons (Fsp3) is 0.400. The van der Waals surface area contributed by atoms with Crippen LogP contribution in [0, 0.1) is 11.3 Å². The number of carbonyl (C=O) groups is 1. The summed E-state index contributed by atoms with van der Waals surface area (Å²) in [6, 6.07) is 12.6. The van der Waals surface area contributed by atoms with Crippen LogP contribution >= 0.6 is 23.4 Å². The second kappa shape index (κ2) is 12.9. The minimum Gasteiger partial charge on any atom is -0.462 e. The van der Waals surface area contributed by atoms with E-state index in [9.17, 15) is 10.1 Å². The van der Waals surface area contributed by atoms with E-state index in [0.717, 1.165) is 54.5 Å². The molecular weight excluding hydrogens is 544 g/mol. The smallest absolute Gasteiger partial charge is 0.318 e. The summed E-state index contributed by atoms with van der Waals surface area (Å²) in [5, 5.41) is 16.7. The summed E-state index contributed by atoms with van der Waals surface area (Å²) in [4.78, 5) is 25.0. The number of amides is 1. The lowest BCUT2D eigenvalue weighted by Gasteiger charge is -2.21. The quantitative estimate of drug-likeness (QED) is 0.307. The molecule has 2 atom stereocenters. The van der Waals surface area contributed by atoms with E-state index in [4.69, 9.17) is 26.3 Å². The van der Waals surface area contributed by atoms with Crippen LogP contribution in [0.15, 0.2) is 47.9 Å². The van der Waals surface area contributed by atoms with E-state index >= 15 is 0 Å². The Kier molecular flexibility index (Phi) is 9.10. The minimum absolute atomic E-state index is 0.134. The number of anilines is 1. The molecule has 0 aliphatic carbocycles. The highest BCUT2D eigenvalue weighted by atomic mass is 35.5. The van der Waals surface area contributed by atoms with Crippen LogP contribution in [-0.2, 0) is 11.2 Å². The Morgan fingerprint density at radius 3 is 3.00 bits per heavy atom. The molecule has 8 nitrogen and oxygen atoms in total. The number of nitrogens with one attached hydrogen (secondary N) is 2. The number of hydrogen-bond donors (Lipinski definition) is 2. The van der Waals surface area contributed by atoms with E-state index in [1.54, 1.807) is 0 Å². The van der Waals surface area contributed by atoms with Crippen LogP contribution in [0.5, 0.6) is 6.01 Å². The van der Waals surface area contributed by atoms with Gasteiger partial charge in [0.2, 0.25) is 5.91 Å². The highest BCUT2D eigenvalue weighted by molar-refractivity contribution is 7.99. The first-order valence-electron chi connectivity index (χ1n) is 13.6. The number of likely N-dealkylation sites (tertiary alicyclic amines) is 1. The zero-order chi connectivity index (χ0) is 28.1. The molecule has 0 radical (unpaired) electrons.